The Kier molecular flexibility index (Phi) is 5.10. The first-order chi connectivity index (χ1) is 14.3. The third kappa shape index (κ3) is 4.23. The van der Waals surface area contributed by atoms with Crippen LogP contribution < -0.4 is 9.47 Å². The number of fused-ring (bicyclic) bond motifs is 1. The molecule has 1 aromatic carbocycles. The summed E-state index contributed by atoms with van der Waals surface area (Å²) in [6.07, 6.45) is 4.10. The summed E-state index contributed by atoms with van der Waals surface area (Å²) in [5.41, 5.74) is 1.80. The highest BCUT2D eigenvalue weighted by Crippen LogP contribution is 2.35. The number of pyridine rings is 1. The number of benzene rings is 1. The summed E-state index contributed by atoms with van der Waals surface area (Å²) in [7, 11) is 0. The van der Waals surface area contributed by atoms with E-state index in [2.05, 4.69) is 20.0 Å². The summed E-state index contributed by atoms with van der Waals surface area (Å²) in [5, 5.41) is 4.12. The topological polar surface area (TPSA) is 82.7 Å². The number of likely N-dealkylation sites (tertiary alicyclic amines) is 1. The summed E-state index contributed by atoms with van der Waals surface area (Å²) < 4.78 is 22.3. The highest BCUT2D eigenvalue weighted by atomic mass is 16.7. The second kappa shape index (κ2) is 8.18. The molecule has 0 amide bonds. The van der Waals surface area contributed by atoms with Crippen molar-refractivity contribution >= 4 is 0 Å². The molecule has 150 valence electrons. The number of nitrogens with zero attached hydrogens (tertiary/aromatic N) is 4. The fraction of sp³-hybridized carbons (Fsp3) is 0.381. The van der Waals surface area contributed by atoms with Gasteiger partial charge >= 0.3 is 0 Å². The van der Waals surface area contributed by atoms with E-state index in [1.165, 1.54) is 0 Å². The molecule has 0 bridgehead atoms. The van der Waals surface area contributed by atoms with Crippen LogP contribution in [0.15, 0.2) is 47.1 Å². The maximum atomic E-state index is 6.06. The second-order valence-electron chi connectivity index (χ2n) is 7.21. The minimum Gasteiger partial charge on any atom is -0.454 e. The zero-order valence-corrected chi connectivity index (χ0v) is 16.0. The fourth-order valence-corrected chi connectivity index (χ4v) is 3.64. The Hall–Kier alpha value is -2.97. The standard InChI is InChI=1S/C21H22N4O4/c1-2-8-22-16(4-1)13-26-17-5-3-9-25(11-17)12-20-23-21(24-29-20)15-6-7-18-19(10-15)28-14-27-18/h1-2,4,6-8,10,17H,3,5,9,11-14H2. The van der Waals surface area contributed by atoms with E-state index in [4.69, 9.17) is 18.7 Å². The van der Waals surface area contributed by atoms with Crippen molar-refractivity contribution in [3.8, 4) is 22.9 Å². The van der Waals surface area contributed by atoms with E-state index < -0.39 is 0 Å². The van der Waals surface area contributed by atoms with Crippen molar-refractivity contribution < 1.29 is 18.7 Å². The van der Waals surface area contributed by atoms with Crippen molar-refractivity contribution in [2.24, 2.45) is 0 Å². The highest BCUT2D eigenvalue weighted by molar-refractivity contribution is 5.61. The van der Waals surface area contributed by atoms with Gasteiger partial charge in [0.15, 0.2) is 11.5 Å². The lowest BCUT2D eigenvalue weighted by Gasteiger charge is -2.31. The minimum atomic E-state index is 0.182. The average molecular weight is 394 g/mol. The lowest BCUT2D eigenvalue weighted by molar-refractivity contribution is -0.0153. The molecule has 0 radical (unpaired) electrons. The number of aromatic nitrogens is 3. The van der Waals surface area contributed by atoms with Crippen LogP contribution in [-0.4, -0.2) is 46.0 Å². The fourth-order valence-electron chi connectivity index (χ4n) is 3.64. The van der Waals surface area contributed by atoms with Crippen molar-refractivity contribution in [3.05, 3.63) is 54.2 Å². The second-order valence-corrected chi connectivity index (χ2v) is 7.21. The van der Waals surface area contributed by atoms with E-state index in [0.717, 1.165) is 42.9 Å². The molecule has 0 spiro atoms. The molecular weight excluding hydrogens is 372 g/mol. The van der Waals surface area contributed by atoms with Gasteiger partial charge in [0.2, 0.25) is 18.5 Å². The van der Waals surface area contributed by atoms with Crippen molar-refractivity contribution in [2.75, 3.05) is 19.9 Å². The summed E-state index contributed by atoms with van der Waals surface area (Å²) in [6, 6.07) is 11.5. The first kappa shape index (κ1) is 18.1. The first-order valence-corrected chi connectivity index (χ1v) is 9.80. The Balaban J connectivity index is 1.18. The van der Waals surface area contributed by atoms with Crippen molar-refractivity contribution in [3.63, 3.8) is 0 Å². The van der Waals surface area contributed by atoms with Crippen LogP contribution in [0, 0.1) is 0 Å². The molecule has 0 saturated carbocycles. The normalized spacial score (nSPS) is 18.8. The van der Waals surface area contributed by atoms with Gasteiger partial charge in [-0.2, -0.15) is 4.98 Å². The van der Waals surface area contributed by atoms with Crippen molar-refractivity contribution in [1.82, 2.24) is 20.0 Å². The Morgan fingerprint density at radius 2 is 2.10 bits per heavy atom. The molecule has 2 aromatic heterocycles. The van der Waals surface area contributed by atoms with E-state index in [1.54, 1.807) is 6.20 Å². The van der Waals surface area contributed by atoms with Crippen LogP contribution in [-0.2, 0) is 17.9 Å². The molecule has 1 saturated heterocycles. The van der Waals surface area contributed by atoms with Crippen molar-refractivity contribution in [2.45, 2.75) is 32.1 Å². The molecule has 0 N–H and O–H groups in total. The Bertz CT molecular complexity index is 962. The van der Waals surface area contributed by atoms with E-state index in [0.29, 0.717) is 30.6 Å². The summed E-state index contributed by atoms with van der Waals surface area (Å²) >= 11 is 0. The van der Waals surface area contributed by atoms with Crippen molar-refractivity contribution in [1.29, 1.82) is 0 Å². The highest BCUT2D eigenvalue weighted by Gasteiger charge is 2.23. The smallest absolute Gasteiger partial charge is 0.241 e. The molecule has 1 unspecified atom stereocenters. The van der Waals surface area contributed by atoms with E-state index in [9.17, 15) is 0 Å². The molecule has 2 aliphatic rings. The number of ether oxygens (including phenoxy) is 3. The van der Waals surface area contributed by atoms with Crippen LogP contribution in [0.2, 0.25) is 0 Å². The summed E-state index contributed by atoms with van der Waals surface area (Å²) in [6.45, 7) is 3.23. The van der Waals surface area contributed by atoms with Crippen LogP contribution in [0.3, 0.4) is 0 Å². The summed E-state index contributed by atoms with van der Waals surface area (Å²) in [5.74, 6) is 2.60. The maximum absolute atomic E-state index is 6.06. The Labute approximate surface area is 168 Å². The van der Waals surface area contributed by atoms with Gasteiger partial charge in [0, 0.05) is 18.3 Å². The number of hydrogen-bond donors (Lipinski definition) is 0. The monoisotopic (exact) mass is 394 g/mol. The molecule has 1 fully saturated rings. The lowest BCUT2D eigenvalue weighted by Crippen LogP contribution is -2.39. The summed E-state index contributed by atoms with van der Waals surface area (Å²) in [4.78, 5) is 11.2. The van der Waals surface area contributed by atoms with Crippen LogP contribution in [0.1, 0.15) is 24.4 Å². The van der Waals surface area contributed by atoms with Crippen LogP contribution in [0.5, 0.6) is 11.5 Å². The number of piperidine rings is 1. The molecule has 5 rings (SSSR count). The molecule has 8 heteroatoms. The predicted octanol–water partition coefficient (Wildman–Crippen LogP) is 3.04. The van der Waals surface area contributed by atoms with E-state index >= 15 is 0 Å². The lowest BCUT2D eigenvalue weighted by atomic mass is 10.1. The predicted molar refractivity (Wildman–Crippen MR) is 103 cm³/mol. The van der Waals surface area contributed by atoms with Gasteiger partial charge in [-0.05, 0) is 49.7 Å². The molecule has 0 aliphatic carbocycles. The number of rotatable bonds is 6. The van der Waals surface area contributed by atoms with Crippen LogP contribution in [0.4, 0.5) is 0 Å². The van der Waals surface area contributed by atoms with Gasteiger partial charge in [-0.25, -0.2) is 0 Å². The Morgan fingerprint density at radius 1 is 1.14 bits per heavy atom. The van der Waals surface area contributed by atoms with Gasteiger partial charge in [0.25, 0.3) is 0 Å². The molecule has 3 aromatic rings. The van der Waals surface area contributed by atoms with E-state index in [1.807, 2.05) is 36.4 Å². The minimum absolute atomic E-state index is 0.182. The zero-order valence-electron chi connectivity index (χ0n) is 16.0. The van der Waals surface area contributed by atoms with Gasteiger partial charge < -0.3 is 18.7 Å². The molecule has 2 aliphatic heterocycles. The molecule has 1 atom stereocenters. The number of hydrogen-bond acceptors (Lipinski definition) is 8. The van der Waals surface area contributed by atoms with Gasteiger partial charge in [-0.3, -0.25) is 9.88 Å². The van der Waals surface area contributed by atoms with Gasteiger partial charge in [-0.1, -0.05) is 11.2 Å². The molecule has 29 heavy (non-hydrogen) atoms. The molecular formula is C21H22N4O4. The molecule has 8 nitrogen and oxygen atoms in total. The quantitative estimate of drug-likeness (QED) is 0.631. The van der Waals surface area contributed by atoms with Crippen LogP contribution >= 0.6 is 0 Å². The van der Waals surface area contributed by atoms with Gasteiger partial charge in [-0.15, -0.1) is 0 Å². The maximum Gasteiger partial charge on any atom is 0.241 e. The SMILES string of the molecule is c1ccc(COC2CCCN(Cc3nc(-c4ccc5c(c4)OCO5)no3)C2)nc1. The largest absolute Gasteiger partial charge is 0.454 e. The Morgan fingerprint density at radius 3 is 3.03 bits per heavy atom. The molecule has 4 heterocycles. The van der Waals surface area contributed by atoms with Gasteiger partial charge in [0.05, 0.1) is 24.9 Å². The zero-order chi connectivity index (χ0) is 19.5. The van der Waals surface area contributed by atoms with E-state index in [-0.39, 0.29) is 12.9 Å². The van der Waals surface area contributed by atoms with Gasteiger partial charge in [0.1, 0.15) is 0 Å². The first-order valence-electron chi connectivity index (χ1n) is 9.80. The third-order valence-corrected chi connectivity index (χ3v) is 5.11. The third-order valence-electron chi connectivity index (χ3n) is 5.11. The van der Waals surface area contributed by atoms with Crippen LogP contribution in [0.25, 0.3) is 11.4 Å². The average Bonchev–Trinajstić information content (AvgIpc) is 3.42.